The van der Waals surface area contributed by atoms with Crippen molar-refractivity contribution in [2.24, 2.45) is 7.05 Å². The molecule has 1 amide bonds. The number of thiazole rings is 1. The highest BCUT2D eigenvalue weighted by molar-refractivity contribution is 7.18. The molecule has 0 radical (unpaired) electrons. The highest BCUT2D eigenvalue weighted by atomic mass is 35.5. The molecular formula is C19H25Cl2N5OS. The number of halogens is 2. The molecule has 4 rings (SSSR count). The van der Waals surface area contributed by atoms with Gasteiger partial charge in [-0.2, -0.15) is 5.10 Å². The summed E-state index contributed by atoms with van der Waals surface area (Å²) in [5.74, 6) is 0.575. The Balaban J connectivity index is 0.00000140. The number of amides is 1. The summed E-state index contributed by atoms with van der Waals surface area (Å²) in [6, 6.07) is 7.95. The van der Waals surface area contributed by atoms with Gasteiger partial charge in [-0.3, -0.25) is 9.48 Å². The van der Waals surface area contributed by atoms with E-state index >= 15 is 0 Å². The number of likely N-dealkylation sites (N-methyl/N-ethyl adjacent to an activating group) is 1. The number of piperidine rings is 1. The van der Waals surface area contributed by atoms with Crippen LogP contribution in [0.2, 0.25) is 0 Å². The summed E-state index contributed by atoms with van der Waals surface area (Å²) < 4.78 is 2.97. The number of fused-ring (bicyclic) bond motifs is 1. The molecule has 3 heterocycles. The normalized spacial score (nSPS) is 15.7. The van der Waals surface area contributed by atoms with Crippen LogP contribution < -0.4 is 5.32 Å². The lowest BCUT2D eigenvalue weighted by Crippen LogP contribution is -2.43. The van der Waals surface area contributed by atoms with E-state index in [-0.39, 0.29) is 36.8 Å². The maximum Gasteiger partial charge on any atom is 0.244 e. The first kappa shape index (κ1) is 22.6. The zero-order valence-corrected chi connectivity index (χ0v) is 18.3. The average molecular weight is 442 g/mol. The van der Waals surface area contributed by atoms with Gasteiger partial charge in [0.15, 0.2) is 0 Å². The van der Waals surface area contributed by atoms with Crippen LogP contribution in [0.5, 0.6) is 0 Å². The number of para-hydroxylation sites is 1. The lowest BCUT2D eigenvalue weighted by Gasteiger charge is -2.33. The van der Waals surface area contributed by atoms with Gasteiger partial charge in [-0.1, -0.05) is 12.1 Å². The van der Waals surface area contributed by atoms with Crippen LogP contribution >= 0.6 is 36.2 Å². The van der Waals surface area contributed by atoms with Crippen LogP contribution in [0.15, 0.2) is 36.7 Å². The van der Waals surface area contributed by atoms with Crippen molar-refractivity contribution in [1.29, 1.82) is 0 Å². The Labute approximate surface area is 181 Å². The van der Waals surface area contributed by atoms with Crippen LogP contribution in [0.25, 0.3) is 10.2 Å². The summed E-state index contributed by atoms with van der Waals surface area (Å²) >= 11 is 1.79. The Morgan fingerprint density at radius 1 is 1.25 bits per heavy atom. The van der Waals surface area contributed by atoms with Gasteiger partial charge < -0.3 is 10.2 Å². The van der Waals surface area contributed by atoms with Crippen molar-refractivity contribution in [3.63, 3.8) is 0 Å². The second-order valence-electron chi connectivity index (χ2n) is 6.79. The third kappa shape index (κ3) is 4.49. The first-order valence-electron chi connectivity index (χ1n) is 8.96. The predicted octanol–water partition coefficient (Wildman–Crippen LogP) is 3.54. The molecule has 0 saturated carbocycles. The highest BCUT2D eigenvalue weighted by Crippen LogP contribution is 2.34. The van der Waals surface area contributed by atoms with Gasteiger partial charge in [0.05, 0.1) is 21.4 Å². The minimum absolute atomic E-state index is 0. The van der Waals surface area contributed by atoms with E-state index in [1.807, 2.05) is 31.3 Å². The second kappa shape index (κ2) is 9.69. The Hall–Kier alpha value is -1.67. The number of aromatic nitrogens is 3. The van der Waals surface area contributed by atoms with Gasteiger partial charge in [0.2, 0.25) is 5.91 Å². The van der Waals surface area contributed by atoms with Crippen molar-refractivity contribution in [3.8, 4) is 0 Å². The van der Waals surface area contributed by atoms with Crippen molar-refractivity contribution >= 4 is 52.3 Å². The number of hydrogen-bond acceptors (Lipinski definition) is 5. The van der Waals surface area contributed by atoms with Gasteiger partial charge in [-0.05, 0) is 32.0 Å². The molecule has 28 heavy (non-hydrogen) atoms. The van der Waals surface area contributed by atoms with Crippen molar-refractivity contribution in [2.45, 2.75) is 24.8 Å². The van der Waals surface area contributed by atoms with Crippen molar-refractivity contribution in [1.82, 2.24) is 25.0 Å². The van der Waals surface area contributed by atoms with Gasteiger partial charge >= 0.3 is 0 Å². The molecule has 2 aromatic heterocycles. The monoisotopic (exact) mass is 441 g/mol. The maximum atomic E-state index is 12.9. The summed E-state index contributed by atoms with van der Waals surface area (Å²) in [5.41, 5.74) is 1.99. The third-order valence-corrected chi connectivity index (χ3v) is 6.26. The lowest BCUT2D eigenvalue weighted by atomic mass is 9.96. The summed E-state index contributed by atoms with van der Waals surface area (Å²) in [6.45, 7) is 1.55. The molecule has 1 N–H and O–H groups in total. The van der Waals surface area contributed by atoms with Crippen molar-refractivity contribution in [3.05, 3.63) is 47.2 Å². The smallest absolute Gasteiger partial charge is 0.244 e. The molecule has 0 aliphatic carbocycles. The second-order valence-corrected chi connectivity index (χ2v) is 7.85. The molecular weight excluding hydrogens is 417 g/mol. The zero-order valence-electron chi connectivity index (χ0n) is 15.9. The number of rotatable bonds is 4. The topological polar surface area (TPSA) is 63.1 Å². The van der Waals surface area contributed by atoms with E-state index < -0.39 is 0 Å². The standard InChI is InChI=1S/C19H23N5OS.2ClH/c1-20-17(14-11-21-23(2)12-14)19(25)24-9-7-13(8-10-24)18-22-15-5-3-4-6-16(15)26-18;;/h3-6,11-13,17,20H,7-10H2,1-2H3;2*1H. The molecule has 1 unspecified atom stereocenters. The number of carbonyl (C=O) groups is 1. The van der Waals surface area contributed by atoms with E-state index in [2.05, 4.69) is 28.6 Å². The van der Waals surface area contributed by atoms with Crippen molar-refractivity contribution < 1.29 is 4.79 Å². The summed E-state index contributed by atoms with van der Waals surface area (Å²) in [6.07, 6.45) is 5.59. The summed E-state index contributed by atoms with van der Waals surface area (Å²) in [7, 11) is 3.69. The molecule has 9 heteroatoms. The molecule has 152 valence electrons. The predicted molar refractivity (Wildman–Crippen MR) is 118 cm³/mol. The molecule has 0 spiro atoms. The number of likely N-dealkylation sites (tertiary alicyclic amines) is 1. The maximum absolute atomic E-state index is 12.9. The molecule has 0 bridgehead atoms. The molecule has 6 nitrogen and oxygen atoms in total. The van der Waals surface area contributed by atoms with Crippen LogP contribution in [0.1, 0.15) is 35.4 Å². The first-order chi connectivity index (χ1) is 12.7. The minimum Gasteiger partial charge on any atom is -0.341 e. The quantitative estimate of drug-likeness (QED) is 0.672. The number of nitrogens with one attached hydrogen (secondary N) is 1. The third-order valence-electron chi connectivity index (χ3n) is 5.06. The largest absolute Gasteiger partial charge is 0.341 e. The summed E-state index contributed by atoms with van der Waals surface area (Å²) in [4.78, 5) is 19.7. The van der Waals surface area contributed by atoms with Crippen LogP contribution in [-0.4, -0.2) is 45.7 Å². The lowest BCUT2D eigenvalue weighted by molar-refractivity contribution is -0.134. The zero-order chi connectivity index (χ0) is 18.1. The first-order valence-corrected chi connectivity index (χ1v) is 9.77. The Morgan fingerprint density at radius 3 is 2.57 bits per heavy atom. The van der Waals surface area contributed by atoms with Crippen molar-refractivity contribution in [2.75, 3.05) is 20.1 Å². The number of hydrogen-bond donors (Lipinski definition) is 1. The van der Waals surface area contributed by atoms with Gasteiger partial charge in [-0.25, -0.2) is 4.98 Å². The highest BCUT2D eigenvalue weighted by Gasteiger charge is 2.30. The van der Waals surface area contributed by atoms with E-state index in [0.29, 0.717) is 5.92 Å². The number of nitrogens with zero attached hydrogens (tertiary/aromatic N) is 4. The fourth-order valence-corrected chi connectivity index (χ4v) is 4.75. The fourth-order valence-electron chi connectivity index (χ4n) is 3.62. The minimum atomic E-state index is -0.331. The van der Waals surface area contributed by atoms with Gasteiger partial charge in [0.25, 0.3) is 0 Å². The number of carbonyl (C=O) groups excluding carboxylic acids is 1. The molecule has 1 fully saturated rings. The Morgan fingerprint density at radius 2 is 1.96 bits per heavy atom. The Kier molecular flexibility index (Phi) is 7.83. The van der Waals surface area contributed by atoms with Crippen LogP contribution in [0, 0.1) is 0 Å². The number of aryl methyl sites for hydroxylation is 1. The van der Waals surface area contributed by atoms with E-state index in [1.54, 1.807) is 22.2 Å². The van der Waals surface area contributed by atoms with Gasteiger partial charge in [-0.15, -0.1) is 36.2 Å². The molecule has 1 atom stereocenters. The molecule has 1 aliphatic heterocycles. The molecule has 1 aromatic carbocycles. The van der Waals surface area contributed by atoms with E-state index in [1.165, 1.54) is 9.71 Å². The van der Waals surface area contributed by atoms with E-state index in [4.69, 9.17) is 4.98 Å². The van der Waals surface area contributed by atoms with Crippen LogP contribution in [0.3, 0.4) is 0 Å². The SMILES string of the molecule is CNC(C(=O)N1CCC(c2nc3ccccc3s2)CC1)c1cnn(C)c1.Cl.Cl. The van der Waals surface area contributed by atoms with Gasteiger partial charge in [0, 0.05) is 37.8 Å². The fraction of sp³-hybridized carbons (Fsp3) is 0.421. The van der Waals surface area contributed by atoms with E-state index in [0.717, 1.165) is 37.0 Å². The molecule has 3 aromatic rings. The van der Waals surface area contributed by atoms with Crippen LogP contribution in [0.4, 0.5) is 0 Å². The number of benzene rings is 1. The molecule has 1 aliphatic rings. The van der Waals surface area contributed by atoms with Crippen LogP contribution in [-0.2, 0) is 11.8 Å². The van der Waals surface area contributed by atoms with Gasteiger partial charge in [0.1, 0.15) is 6.04 Å². The summed E-state index contributed by atoms with van der Waals surface area (Å²) in [5, 5.41) is 8.52. The van der Waals surface area contributed by atoms with E-state index in [9.17, 15) is 4.79 Å². The average Bonchev–Trinajstić information content (AvgIpc) is 3.28. The Bertz CT molecular complexity index is 887. The molecule has 1 saturated heterocycles.